The molecular formula is C18H23N3O4. The Kier molecular flexibility index (Phi) is 3.83. The number of hydrogen-bond acceptors (Lipinski definition) is 5. The van der Waals surface area contributed by atoms with E-state index in [0.29, 0.717) is 19.7 Å². The van der Waals surface area contributed by atoms with Gasteiger partial charge in [-0.15, -0.1) is 4.73 Å². The van der Waals surface area contributed by atoms with Crippen LogP contribution in [0.4, 0.5) is 0 Å². The first kappa shape index (κ1) is 16.2. The number of aromatic nitrogens is 2. The number of para-hydroxylation sites is 1. The number of imidazole rings is 1. The molecule has 2 aromatic rings. The van der Waals surface area contributed by atoms with Crippen molar-refractivity contribution in [3.05, 3.63) is 34.2 Å². The van der Waals surface area contributed by atoms with Gasteiger partial charge in [-0.3, -0.25) is 9.36 Å². The number of rotatable bonds is 3. The fraction of sp³-hybridized carbons (Fsp3) is 0.556. The molecule has 4 rings (SSSR count). The van der Waals surface area contributed by atoms with Crippen LogP contribution < -0.4 is 10.5 Å². The molecule has 7 nitrogen and oxygen atoms in total. The number of esters is 1. The zero-order valence-corrected chi connectivity index (χ0v) is 14.8. The van der Waals surface area contributed by atoms with Crippen molar-refractivity contribution in [1.82, 2.24) is 14.2 Å². The minimum Gasteiger partial charge on any atom is -0.466 e. The number of ether oxygens (including phenoxy) is 1. The third kappa shape index (κ3) is 2.29. The molecule has 7 heteroatoms. The van der Waals surface area contributed by atoms with E-state index >= 15 is 0 Å². The van der Waals surface area contributed by atoms with E-state index in [2.05, 4.69) is 11.0 Å². The van der Waals surface area contributed by atoms with Gasteiger partial charge >= 0.3 is 11.7 Å². The van der Waals surface area contributed by atoms with Crippen molar-refractivity contribution in [1.29, 1.82) is 0 Å². The van der Waals surface area contributed by atoms with Gasteiger partial charge in [-0.2, -0.15) is 0 Å². The van der Waals surface area contributed by atoms with Crippen molar-refractivity contribution >= 4 is 17.0 Å². The van der Waals surface area contributed by atoms with Crippen LogP contribution in [0.2, 0.25) is 0 Å². The lowest BCUT2D eigenvalue weighted by atomic mass is 9.77. The summed E-state index contributed by atoms with van der Waals surface area (Å²) in [6.45, 7) is 3.50. The van der Waals surface area contributed by atoms with Crippen LogP contribution in [0.3, 0.4) is 0 Å². The first-order valence-electron chi connectivity index (χ1n) is 8.72. The molecule has 0 amide bonds. The van der Waals surface area contributed by atoms with Crippen molar-refractivity contribution in [2.24, 2.45) is 5.92 Å². The topological polar surface area (TPSA) is 65.7 Å². The SMILES string of the molecule is CCOC(=O)C1CC2c3cccc4c3n(c(=O)n4OC)CC2N(C)C1. The number of likely N-dealkylation sites (N-methyl/N-ethyl adjacent to an activating group) is 1. The molecule has 2 aliphatic heterocycles. The van der Waals surface area contributed by atoms with Gasteiger partial charge in [0.25, 0.3) is 0 Å². The highest BCUT2D eigenvalue weighted by molar-refractivity contribution is 5.81. The van der Waals surface area contributed by atoms with Crippen molar-refractivity contribution in [3.63, 3.8) is 0 Å². The largest absolute Gasteiger partial charge is 0.466 e. The Bertz CT molecular complexity index is 884. The molecule has 0 bridgehead atoms. The molecule has 0 spiro atoms. The molecule has 1 aromatic carbocycles. The quantitative estimate of drug-likeness (QED) is 0.772. The molecular weight excluding hydrogens is 322 g/mol. The lowest BCUT2D eigenvalue weighted by Gasteiger charge is -2.44. The molecule has 1 saturated heterocycles. The molecule has 134 valence electrons. The second kappa shape index (κ2) is 5.91. The molecule has 0 radical (unpaired) electrons. The Morgan fingerprint density at radius 2 is 2.12 bits per heavy atom. The summed E-state index contributed by atoms with van der Waals surface area (Å²) in [6.07, 6.45) is 0.749. The van der Waals surface area contributed by atoms with E-state index in [9.17, 15) is 9.59 Å². The summed E-state index contributed by atoms with van der Waals surface area (Å²) in [5.74, 6) is -0.0643. The molecule has 3 atom stereocenters. The fourth-order valence-electron chi connectivity index (χ4n) is 4.51. The van der Waals surface area contributed by atoms with Crippen LogP contribution in [0.1, 0.15) is 24.8 Å². The number of carbonyl (C=O) groups is 1. The van der Waals surface area contributed by atoms with E-state index in [4.69, 9.17) is 9.57 Å². The molecule has 0 saturated carbocycles. The van der Waals surface area contributed by atoms with Gasteiger partial charge in [-0.25, -0.2) is 4.79 Å². The van der Waals surface area contributed by atoms with Crippen LogP contribution >= 0.6 is 0 Å². The number of likely N-dealkylation sites (tertiary alicyclic amines) is 1. The highest BCUT2D eigenvalue weighted by atomic mass is 16.7. The predicted molar refractivity (Wildman–Crippen MR) is 92.6 cm³/mol. The van der Waals surface area contributed by atoms with Gasteiger partial charge < -0.3 is 14.5 Å². The zero-order chi connectivity index (χ0) is 17.7. The van der Waals surface area contributed by atoms with Crippen LogP contribution in [0.25, 0.3) is 11.0 Å². The predicted octanol–water partition coefficient (Wildman–Crippen LogP) is 0.842. The van der Waals surface area contributed by atoms with E-state index in [0.717, 1.165) is 23.0 Å². The first-order valence-corrected chi connectivity index (χ1v) is 8.72. The third-order valence-corrected chi connectivity index (χ3v) is 5.59. The second-order valence-electron chi connectivity index (χ2n) is 6.88. The molecule has 0 aliphatic carbocycles. The number of carbonyl (C=O) groups excluding carboxylic acids is 1. The Hall–Kier alpha value is -2.28. The van der Waals surface area contributed by atoms with E-state index in [1.54, 1.807) is 4.57 Å². The maximum absolute atomic E-state index is 12.7. The minimum atomic E-state index is -0.149. The number of fused-ring (bicyclic) bond motifs is 2. The molecule has 2 aliphatic rings. The highest BCUT2D eigenvalue weighted by Gasteiger charge is 2.42. The first-order chi connectivity index (χ1) is 12.1. The van der Waals surface area contributed by atoms with Crippen LogP contribution in [0, 0.1) is 5.92 Å². The van der Waals surface area contributed by atoms with Crippen LogP contribution in [0.15, 0.2) is 23.0 Å². The van der Waals surface area contributed by atoms with E-state index < -0.39 is 0 Å². The van der Waals surface area contributed by atoms with Crippen molar-refractivity contribution < 1.29 is 14.4 Å². The zero-order valence-electron chi connectivity index (χ0n) is 14.8. The number of benzene rings is 1. The van der Waals surface area contributed by atoms with Gasteiger partial charge in [0.15, 0.2) is 0 Å². The average Bonchev–Trinajstić information content (AvgIpc) is 2.88. The Labute approximate surface area is 145 Å². The molecule has 3 unspecified atom stereocenters. The van der Waals surface area contributed by atoms with Gasteiger partial charge in [0.2, 0.25) is 0 Å². The van der Waals surface area contributed by atoms with Gasteiger partial charge in [0.1, 0.15) is 12.6 Å². The average molecular weight is 345 g/mol. The summed E-state index contributed by atoms with van der Waals surface area (Å²) in [5, 5.41) is 0. The summed E-state index contributed by atoms with van der Waals surface area (Å²) in [5.41, 5.74) is 2.67. The second-order valence-corrected chi connectivity index (χ2v) is 6.88. The van der Waals surface area contributed by atoms with E-state index in [1.807, 2.05) is 26.1 Å². The van der Waals surface area contributed by atoms with Gasteiger partial charge in [-0.05, 0) is 32.0 Å². The summed E-state index contributed by atoms with van der Waals surface area (Å²) >= 11 is 0. The van der Waals surface area contributed by atoms with Gasteiger partial charge in [0, 0.05) is 25.0 Å². The lowest BCUT2D eigenvalue weighted by molar-refractivity contribution is -0.150. The standard InChI is InChI=1S/C18H23N3O4/c1-4-25-17(22)11-8-13-12-6-5-7-14-16(12)20(18(23)21(14)24-3)10-15(13)19(2)9-11/h5-7,11,13,15H,4,8-10H2,1-3H3. The molecule has 3 heterocycles. The number of piperidine rings is 1. The Morgan fingerprint density at radius 3 is 2.84 bits per heavy atom. The van der Waals surface area contributed by atoms with Crippen molar-refractivity contribution in [3.8, 4) is 0 Å². The monoisotopic (exact) mass is 345 g/mol. The lowest BCUT2D eigenvalue weighted by Crippen LogP contribution is -2.52. The summed E-state index contributed by atoms with van der Waals surface area (Å²) in [6, 6.07) is 6.11. The Morgan fingerprint density at radius 1 is 1.32 bits per heavy atom. The summed E-state index contributed by atoms with van der Waals surface area (Å²) in [4.78, 5) is 32.4. The van der Waals surface area contributed by atoms with E-state index in [1.165, 1.54) is 11.8 Å². The summed E-state index contributed by atoms with van der Waals surface area (Å²) < 4.78 is 8.40. The van der Waals surface area contributed by atoms with Crippen LogP contribution in [-0.2, 0) is 16.1 Å². The third-order valence-electron chi connectivity index (χ3n) is 5.59. The van der Waals surface area contributed by atoms with Crippen molar-refractivity contribution in [2.75, 3.05) is 27.3 Å². The number of hydrogen-bond donors (Lipinski definition) is 0. The maximum Gasteiger partial charge on any atom is 0.362 e. The summed E-state index contributed by atoms with van der Waals surface area (Å²) in [7, 11) is 3.53. The fourth-order valence-corrected chi connectivity index (χ4v) is 4.51. The van der Waals surface area contributed by atoms with Gasteiger partial charge in [0.05, 0.1) is 18.0 Å². The maximum atomic E-state index is 12.7. The normalized spacial score (nSPS) is 25.6. The molecule has 25 heavy (non-hydrogen) atoms. The minimum absolute atomic E-state index is 0.127. The smallest absolute Gasteiger partial charge is 0.362 e. The van der Waals surface area contributed by atoms with Crippen LogP contribution in [-0.4, -0.2) is 53.5 Å². The molecule has 0 N–H and O–H groups in total. The highest BCUT2D eigenvalue weighted by Crippen LogP contribution is 2.41. The molecule has 1 aromatic heterocycles. The van der Waals surface area contributed by atoms with Crippen LogP contribution in [0.5, 0.6) is 0 Å². The molecule has 1 fully saturated rings. The van der Waals surface area contributed by atoms with Gasteiger partial charge in [-0.1, -0.05) is 12.1 Å². The number of nitrogens with zero attached hydrogens (tertiary/aromatic N) is 3. The van der Waals surface area contributed by atoms with E-state index in [-0.39, 0.29) is 29.5 Å². The Balaban J connectivity index is 1.82. The van der Waals surface area contributed by atoms with Crippen molar-refractivity contribution in [2.45, 2.75) is 31.8 Å².